The zero-order valence-electron chi connectivity index (χ0n) is 29.5. The van der Waals surface area contributed by atoms with E-state index in [0.717, 1.165) is 55.6 Å². The van der Waals surface area contributed by atoms with Crippen LogP contribution >= 0.6 is 0 Å². The van der Waals surface area contributed by atoms with E-state index < -0.39 is 0 Å². The van der Waals surface area contributed by atoms with Crippen molar-refractivity contribution in [1.29, 1.82) is 0 Å². The number of fused-ring (bicyclic) bond motifs is 1. The van der Waals surface area contributed by atoms with E-state index in [-0.39, 0.29) is 0 Å². The molecule has 7 aromatic carbocycles. The average molecular weight is 680 g/mol. The van der Waals surface area contributed by atoms with Crippen molar-refractivity contribution >= 4 is 23.2 Å². The molecule has 3 nitrogen and oxygen atoms in total. The van der Waals surface area contributed by atoms with Crippen LogP contribution in [0, 0.1) is 0 Å². The van der Waals surface area contributed by atoms with Crippen LogP contribution in [0.2, 0.25) is 0 Å². The Balaban J connectivity index is 1.17. The number of allylic oxidation sites excluding steroid dienone is 3. The first-order valence-electron chi connectivity index (χ1n) is 17.8. The smallest absolute Gasteiger partial charge is 0.160 e. The molecule has 0 N–H and O–H groups in total. The first-order chi connectivity index (χ1) is 26.2. The van der Waals surface area contributed by atoms with E-state index in [1.54, 1.807) is 6.20 Å². The Hall–Kier alpha value is -6.97. The second-order valence-electron chi connectivity index (χ2n) is 12.9. The van der Waals surface area contributed by atoms with Gasteiger partial charge in [-0.3, -0.25) is 4.99 Å². The maximum absolute atomic E-state index is 5.20. The van der Waals surface area contributed by atoms with Crippen molar-refractivity contribution in [1.82, 2.24) is 9.97 Å². The van der Waals surface area contributed by atoms with Crippen molar-refractivity contribution in [3.63, 3.8) is 0 Å². The summed E-state index contributed by atoms with van der Waals surface area (Å²) in [4.78, 5) is 14.1. The summed E-state index contributed by atoms with van der Waals surface area (Å²) in [5.74, 6) is 0.693. The van der Waals surface area contributed by atoms with Crippen LogP contribution in [0.3, 0.4) is 0 Å². The van der Waals surface area contributed by atoms with Gasteiger partial charge < -0.3 is 0 Å². The molecular weight excluding hydrogens is 643 g/mol. The van der Waals surface area contributed by atoms with E-state index in [0.29, 0.717) is 5.82 Å². The molecule has 0 spiro atoms. The van der Waals surface area contributed by atoms with E-state index >= 15 is 0 Å². The van der Waals surface area contributed by atoms with E-state index in [9.17, 15) is 0 Å². The molecule has 0 atom stereocenters. The Morgan fingerprint density at radius 1 is 0.472 bits per heavy atom. The van der Waals surface area contributed by atoms with Crippen molar-refractivity contribution < 1.29 is 0 Å². The zero-order chi connectivity index (χ0) is 36.0. The molecule has 0 unspecified atom stereocenters. The molecule has 0 bridgehead atoms. The number of benzene rings is 7. The quantitative estimate of drug-likeness (QED) is 0.112. The summed E-state index contributed by atoms with van der Waals surface area (Å²) in [6, 6.07) is 62.2. The molecule has 1 aromatic heterocycles. The summed E-state index contributed by atoms with van der Waals surface area (Å²) in [5.41, 5.74) is 15.3. The van der Waals surface area contributed by atoms with Crippen molar-refractivity contribution in [2.45, 2.75) is 6.92 Å². The largest absolute Gasteiger partial charge is 0.272 e. The number of para-hydroxylation sites is 1. The Bertz CT molecular complexity index is 2560. The average Bonchev–Trinajstić information content (AvgIpc) is 3.24. The van der Waals surface area contributed by atoms with Crippen LogP contribution in [0.1, 0.15) is 12.5 Å². The maximum atomic E-state index is 5.20. The van der Waals surface area contributed by atoms with Crippen LogP contribution in [0.15, 0.2) is 199 Å². The molecule has 0 aliphatic heterocycles. The summed E-state index contributed by atoms with van der Waals surface area (Å²) in [5, 5.41) is 1.02. The third kappa shape index (κ3) is 7.14. The van der Waals surface area contributed by atoms with Crippen molar-refractivity contribution in [2.75, 3.05) is 0 Å². The van der Waals surface area contributed by atoms with Gasteiger partial charge in [-0.2, -0.15) is 0 Å². The van der Waals surface area contributed by atoms with Crippen molar-refractivity contribution in [3.05, 3.63) is 200 Å². The minimum Gasteiger partial charge on any atom is -0.272 e. The molecule has 0 radical (unpaired) electrons. The standard InChI is InChI=1S/C50H37N3/c1-3-35(28-29-51-2)38-24-26-39(27-25-38)49-47-22-10-11-23-48(47)52-50(53-49)43-21-13-19-41(31-43)40-18-12-20-42(30-40)46-33-44(36-14-6-4-7-15-36)32-45(34-46)37-16-8-5-9-17-37/h3-34H,2H2,1H3/b29-28-,35-3+. The molecule has 0 aliphatic carbocycles. The monoisotopic (exact) mass is 679 g/mol. The van der Waals surface area contributed by atoms with Crippen molar-refractivity contribution in [2.24, 2.45) is 4.99 Å². The fraction of sp³-hybridized carbons (Fsp3) is 0.0200. The lowest BCUT2D eigenvalue weighted by atomic mass is 9.92. The predicted octanol–water partition coefficient (Wildman–Crippen LogP) is 13.2. The van der Waals surface area contributed by atoms with Gasteiger partial charge in [0.15, 0.2) is 5.82 Å². The fourth-order valence-corrected chi connectivity index (χ4v) is 6.84. The SMILES string of the molecule is C=N/C=C\C(=C/C)c1ccc(-c2nc(-c3cccc(-c4cccc(-c5cc(-c6ccccc6)cc(-c6ccccc6)c5)c4)c3)nc3ccccc23)cc1. The highest BCUT2D eigenvalue weighted by Gasteiger charge is 2.14. The Kier molecular flexibility index (Phi) is 9.46. The molecule has 0 saturated heterocycles. The Morgan fingerprint density at radius 2 is 0.962 bits per heavy atom. The topological polar surface area (TPSA) is 38.1 Å². The second kappa shape index (κ2) is 15.1. The highest BCUT2D eigenvalue weighted by molar-refractivity contribution is 5.94. The highest BCUT2D eigenvalue weighted by atomic mass is 14.9. The minimum atomic E-state index is 0.693. The predicted molar refractivity (Wildman–Crippen MR) is 224 cm³/mol. The van der Waals surface area contributed by atoms with Gasteiger partial charge in [0.05, 0.1) is 11.2 Å². The maximum Gasteiger partial charge on any atom is 0.160 e. The van der Waals surface area contributed by atoms with E-state index in [4.69, 9.17) is 9.97 Å². The number of hydrogen-bond donors (Lipinski definition) is 0. The molecule has 53 heavy (non-hydrogen) atoms. The molecule has 8 aromatic rings. The summed E-state index contributed by atoms with van der Waals surface area (Å²) in [6.07, 6.45) is 5.75. The fourth-order valence-electron chi connectivity index (χ4n) is 6.84. The van der Waals surface area contributed by atoms with Crippen LogP contribution in [0.4, 0.5) is 0 Å². The van der Waals surface area contributed by atoms with Crippen LogP contribution in [0.5, 0.6) is 0 Å². The molecule has 0 saturated carbocycles. The lowest BCUT2D eigenvalue weighted by Gasteiger charge is -2.13. The van der Waals surface area contributed by atoms with Gasteiger partial charge in [-0.05, 0) is 112 Å². The number of aromatic nitrogens is 2. The molecule has 3 heteroatoms. The summed E-state index contributed by atoms with van der Waals surface area (Å²) in [7, 11) is 0. The van der Waals surface area contributed by atoms with Gasteiger partial charge in [0.25, 0.3) is 0 Å². The summed E-state index contributed by atoms with van der Waals surface area (Å²) < 4.78 is 0. The number of rotatable bonds is 9. The molecule has 0 amide bonds. The van der Waals surface area contributed by atoms with Crippen LogP contribution in [-0.2, 0) is 0 Å². The Morgan fingerprint density at radius 3 is 1.57 bits per heavy atom. The van der Waals surface area contributed by atoms with Crippen LogP contribution < -0.4 is 0 Å². The first-order valence-corrected chi connectivity index (χ1v) is 17.8. The van der Waals surface area contributed by atoms with Gasteiger partial charge >= 0.3 is 0 Å². The zero-order valence-corrected chi connectivity index (χ0v) is 29.5. The van der Waals surface area contributed by atoms with Gasteiger partial charge in [0, 0.05) is 22.7 Å². The first kappa shape index (κ1) is 33.2. The van der Waals surface area contributed by atoms with Crippen LogP contribution in [-0.4, -0.2) is 16.7 Å². The van der Waals surface area contributed by atoms with Gasteiger partial charge in [-0.1, -0.05) is 146 Å². The molecule has 8 rings (SSSR count). The van der Waals surface area contributed by atoms with E-state index in [2.05, 4.69) is 182 Å². The van der Waals surface area contributed by atoms with Gasteiger partial charge in [-0.15, -0.1) is 0 Å². The number of nitrogens with zero attached hydrogens (tertiary/aromatic N) is 3. The Labute approximate surface area is 311 Å². The summed E-state index contributed by atoms with van der Waals surface area (Å²) in [6.45, 7) is 5.59. The van der Waals surface area contributed by atoms with Crippen molar-refractivity contribution in [3.8, 4) is 67.2 Å². The van der Waals surface area contributed by atoms with E-state index in [1.165, 1.54) is 27.8 Å². The number of aliphatic imine (C=N–C) groups is 1. The third-order valence-electron chi connectivity index (χ3n) is 9.56. The molecule has 252 valence electrons. The lowest BCUT2D eigenvalue weighted by Crippen LogP contribution is -1.95. The second-order valence-corrected chi connectivity index (χ2v) is 12.9. The molecular formula is C50H37N3. The van der Waals surface area contributed by atoms with Gasteiger partial charge in [0.1, 0.15) is 0 Å². The van der Waals surface area contributed by atoms with Crippen LogP contribution in [0.25, 0.3) is 83.6 Å². The minimum absolute atomic E-state index is 0.693. The third-order valence-corrected chi connectivity index (χ3v) is 9.56. The molecule has 0 fully saturated rings. The molecule has 0 aliphatic rings. The van der Waals surface area contributed by atoms with Gasteiger partial charge in [0.2, 0.25) is 0 Å². The molecule has 1 heterocycles. The lowest BCUT2D eigenvalue weighted by molar-refractivity contribution is 1.23. The normalized spacial score (nSPS) is 11.6. The van der Waals surface area contributed by atoms with E-state index in [1.807, 2.05) is 25.1 Å². The highest BCUT2D eigenvalue weighted by Crippen LogP contribution is 2.36. The van der Waals surface area contributed by atoms with Gasteiger partial charge in [-0.25, -0.2) is 9.97 Å². The summed E-state index contributed by atoms with van der Waals surface area (Å²) >= 11 is 0. The number of hydrogen-bond acceptors (Lipinski definition) is 3.